The van der Waals surface area contributed by atoms with Crippen LogP contribution in [0.1, 0.15) is 16.1 Å². The standard InChI is InChI=1S/C9H15N3O2S/c1-6-7(9(13)14)8(12(2)11-6)10-4-5-15-3/h10H,4-5H2,1-3H3,(H,13,14). The Bertz CT molecular complexity index is 362. The summed E-state index contributed by atoms with van der Waals surface area (Å²) in [5.41, 5.74) is 0.801. The number of carboxylic acids is 1. The number of carboxylic acid groups (broad SMARTS) is 1. The summed E-state index contributed by atoms with van der Waals surface area (Å²) in [4.78, 5) is 11.0. The van der Waals surface area contributed by atoms with Crippen molar-refractivity contribution in [3.05, 3.63) is 11.3 Å². The molecule has 0 unspecified atom stereocenters. The van der Waals surface area contributed by atoms with Gasteiger partial charge in [0.15, 0.2) is 0 Å². The molecule has 6 heteroatoms. The van der Waals surface area contributed by atoms with Crippen LogP contribution in [0.25, 0.3) is 0 Å². The Balaban J connectivity index is 2.89. The zero-order chi connectivity index (χ0) is 11.4. The molecule has 0 radical (unpaired) electrons. The zero-order valence-corrected chi connectivity index (χ0v) is 9.89. The molecule has 5 nitrogen and oxygen atoms in total. The van der Waals surface area contributed by atoms with Crippen LogP contribution >= 0.6 is 11.8 Å². The summed E-state index contributed by atoms with van der Waals surface area (Å²) in [7, 11) is 1.74. The first-order valence-corrected chi connectivity index (χ1v) is 5.97. The molecule has 0 amide bonds. The molecule has 15 heavy (non-hydrogen) atoms. The lowest BCUT2D eigenvalue weighted by molar-refractivity contribution is 0.0697. The van der Waals surface area contributed by atoms with E-state index in [2.05, 4.69) is 10.4 Å². The van der Waals surface area contributed by atoms with Crippen LogP contribution in [0, 0.1) is 6.92 Å². The van der Waals surface area contributed by atoms with Crippen molar-refractivity contribution in [3.8, 4) is 0 Å². The smallest absolute Gasteiger partial charge is 0.341 e. The lowest BCUT2D eigenvalue weighted by Crippen LogP contribution is -2.11. The third-order valence-corrected chi connectivity index (χ3v) is 2.65. The number of nitrogens with zero attached hydrogens (tertiary/aromatic N) is 2. The van der Waals surface area contributed by atoms with Crippen molar-refractivity contribution < 1.29 is 9.90 Å². The zero-order valence-electron chi connectivity index (χ0n) is 9.07. The van der Waals surface area contributed by atoms with E-state index in [4.69, 9.17) is 5.11 Å². The molecule has 1 aromatic rings. The largest absolute Gasteiger partial charge is 0.477 e. The molecule has 84 valence electrons. The molecule has 0 aliphatic rings. The van der Waals surface area contributed by atoms with Gasteiger partial charge in [-0.2, -0.15) is 16.9 Å². The predicted octanol–water partition coefficient (Wildman–Crippen LogP) is 1.20. The average molecular weight is 229 g/mol. The van der Waals surface area contributed by atoms with Gasteiger partial charge >= 0.3 is 5.97 Å². The maximum absolute atomic E-state index is 11.0. The van der Waals surface area contributed by atoms with Gasteiger partial charge in [0.05, 0.1) is 5.69 Å². The summed E-state index contributed by atoms with van der Waals surface area (Å²) in [5, 5.41) is 16.2. The van der Waals surface area contributed by atoms with Crippen LogP contribution in [-0.4, -0.2) is 39.4 Å². The molecule has 0 spiro atoms. The molecule has 1 rings (SSSR count). The van der Waals surface area contributed by atoms with Crippen molar-refractivity contribution in [2.45, 2.75) is 6.92 Å². The highest BCUT2D eigenvalue weighted by Gasteiger charge is 2.18. The highest BCUT2D eigenvalue weighted by atomic mass is 32.2. The van der Waals surface area contributed by atoms with E-state index in [0.29, 0.717) is 11.5 Å². The Kier molecular flexibility index (Phi) is 4.02. The molecule has 0 saturated heterocycles. The number of anilines is 1. The summed E-state index contributed by atoms with van der Waals surface area (Å²) in [6, 6.07) is 0. The van der Waals surface area contributed by atoms with Crippen LogP contribution in [0.4, 0.5) is 5.82 Å². The number of aromatic nitrogens is 2. The fourth-order valence-corrected chi connectivity index (χ4v) is 1.69. The van der Waals surface area contributed by atoms with E-state index in [9.17, 15) is 4.79 Å². The molecule has 0 atom stereocenters. The van der Waals surface area contributed by atoms with E-state index < -0.39 is 5.97 Å². The Labute approximate surface area is 92.9 Å². The SMILES string of the molecule is CSCCNc1c(C(=O)O)c(C)nn1C. The van der Waals surface area contributed by atoms with Gasteiger partial charge in [-0.3, -0.25) is 4.68 Å². The fourth-order valence-electron chi connectivity index (χ4n) is 1.39. The van der Waals surface area contributed by atoms with Crippen molar-refractivity contribution in [3.63, 3.8) is 0 Å². The van der Waals surface area contributed by atoms with Crippen LogP contribution in [0.2, 0.25) is 0 Å². The third kappa shape index (κ3) is 2.65. The molecular weight excluding hydrogens is 214 g/mol. The van der Waals surface area contributed by atoms with E-state index >= 15 is 0 Å². The lowest BCUT2D eigenvalue weighted by atomic mass is 10.2. The second-order valence-corrected chi connectivity index (χ2v) is 4.14. The second kappa shape index (κ2) is 5.06. The molecule has 0 aliphatic carbocycles. The normalized spacial score (nSPS) is 10.3. The average Bonchev–Trinajstić information content (AvgIpc) is 2.42. The van der Waals surface area contributed by atoms with Crippen molar-refractivity contribution in [1.82, 2.24) is 9.78 Å². The van der Waals surface area contributed by atoms with Crippen LogP contribution in [0.5, 0.6) is 0 Å². The van der Waals surface area contributed by atoms with E-state index in [1.807, 2.05) is 6.26 Å². The number of aromatic carboxylic acids is 1. The maximum atomic E-state index is 11.0. The molecule has 0 fully saturated rings. The van der Waals surface area contributed by atoms with Crippen molar-refractivity contribution >= 4 is 23.5 Å². The molecule has 1 aromatic heterocycles. The van der Waals surface area contributed by atoms with E-state index in [1.165, 1.54) is 0 Å². The summed E-state index contributed by atoms with van der Waals surface area (Å²) >= 11 is 1.71. The minimum Gasteiger partial charge on any atom is -0.477 e. The first-order chi connectivity index (χ1) is 7.07. The molecule has 2 N–H and O–H groups in total. The highest BCUT2D eigenvalue weighted by molar-refractivity contribution is 7.98. The minimum atomic E-state index is -0.938. The molecule has 0 aliphatic heterocycles. The van der Waals surface area contributed by atoms with Gasteiger partial charge in [-0.1, -0.05) is 0 Å². The first kappa shape index (κ1) is 11.9. The predicted molar refractivity (Wildman–Crippen MR) is 61.8 cm³/mol. The van der Waals surface area contributed by atoms with Crippen molar-refractivity contribution in [2.75, 3.05) is 23.9 Å². The van der Waals surface area contributed by atoms with E-state index in [0.717, 1.165) is 12.3 Å². The fraction of sp³-hybridized carbons (Fsp3) is 0.556. The first-order valence-electron chi connectivity index (χ1n) is 4.57. The molecule has 0 aromatic carbocycles. The van der Waals surface area contributed by atoms with Gasteiger partial charge in [0.1, 0.15) is 11.4 Å². The number of nitrogens with one attached hydrogen (secondary N) is 1. The molecule has 0 bridgehead atoms. The topological polar surface area (TPSA) is 67.2 Å². The second-order valence-electron chi connectivity index (χ2n) is 3.16. The third-order valence-electron chi connectivity index (χ3n) is 2.03. The maximum Gasteiger partial charge on any atom is 0.341 e. The van der Waals surface area contributed by atoms with Gasteiger partial charge in [0, 0.05) is 19.3 Å². The molecule has 0 saturated carbocycles. The minimum absolute atomic E-state index is 0.263. The highest BCUT2D eigenvalue weighted by Crippen LogP contribution is 2.18. The van der Waals surface area contributed by atoms with Gasteiger partial charge < -0.3 is 10.4 Å². The van der Waals surface area contributed by atoms with Crippen LogP contribution in [0.15, 0.2) is 0 Å². The number of thioether (sulfide) groups is 1. The number of hydrogen-bond acceptors (Lipinski definition) is 4. The number of carbonyl (C=O) groups is 1. The summed E-state index contributed by atoms with van der Waals surface area (Å²) in [6.07, 6.45) is 2.01. The number of rotatable bonds is 5. The van der Waals surface area contributed by atoms with E-state index in [1.54, 1.807) is 30.4 Å². The van der Waals surface area contributed by atoms with Crippen LogP contribution in [-0.2, 0) is 7.05 Å². The Hall–Kier alpha value is -1.17. The van der Waals surface area contributed by atoms with Gasteiger partial charge in [-0.05, 0) is 13.2 Å². The van der Waals surface area contributed by atoms with Crippen LogP contribution < -0.4 is 5.32 Å². The van der Waals surface area contributed by atoms with Gasteiger partial charge in [0.2, 0.25) is 0 Å². The summed E-state index contributed by atoms with van der Waals surface area (Å²) < 4.78 is 1.57. The Morgan fingerprint density at radius 1 is 1.67 bits per heavy atom. The van der Waals surface area contributed by atoms with Gasteiger partial charge in [-0.15, -0.1) is 0 Å². The Morgan fingerprint density at radius 3 is 2.87 bits per heavy atom. The monoisotopic (exact) mass is 229 g/mol. The summed E-state index contributed by atoms with van der Waals surface area (Å²) in [6.45, 7) is 2.43. The molecule has 1 heterocycles. The quantitative estimate of drug-likeness (QED) is 0.743. The van der Waals surface area contributed by atoms with Crippen molar-refractivity contribution in [1.29, 1.82) is 0 Å². The van der Waals surface area contributed by atoms with Gasteiger partial charge in [0.25, 0.3) is 0 Å². The lowest BCUT2D eigenvalue weighted by Gasteiger charge is -2.06. The summed E-state index contributed by atoms with van der Waals surface area (Å²) in [5.74, 6) is 0.574. The van der Waals surface area contributed by atoms with Crippen molar-refractivity contribution in [2.24, 2.45) is 7.05 Å². The Morgan fingerprint density at radius 2 is 2.33 bits per heavy atom. The number of aryl methyl sites for hydroxylation is 2. The van der Waals surface area contributed by atoms with E-state index in [-0.39, 0.29) is 5.56 Å². The van der Waals surface area contributed by atoms with Gasteiger partial charge in [-0.25, -0.2) is 4.79 Å². The number of hydrogen-bond donors (Lipinski definition) is 2. The molecular formula is C9H15N3O2S. The van der Waals surface area contributed by atoms with Crippen LogP contribution in [0.3, 0.4) is 0 Å².